The summed E-state index contributed by atoms with van der Waals surface area (Å²) >= 11 is 0. The van der Waals surface area contributed by atoms with Crippen LogP contribution in [0.15, 0.2) is 18.2 Å². The van der Waals surface area contributed by atoms with Gasteiger partial charge in [0, 0.05) is 24.0 Å². The van der Waals surface area contributed by atoms with Crippen molar-refractivity contribution in [3.8, 4) is 0 Å². The topological polar surface area (TPSA) is 56.3 Å². The molecule has 4 nitrogen and oxygen atoms in total. The molecule has 1 aliphatic carbocycles. The maximum Gasteiger partial charge on any atom is 0.314 e. The minimum absolute atomic E-state index is 0.645. The van der Waals surface area contributed by atoms with Crippen molar-refractivity contribution in [1.82, 2.24) is 4.98 Å². The second-order valence-electron chi connectivity index (χ2n) is 7.12. The van der Waals surface area contributed by atoms with Crippen molar-refractivity contribution >= 4 is 22.7 Å². The normalized spacial score (nSPS) is 22.6. The molecule has 4 aliphatic rings. The Labute approximate surface area is 129 Å². The highest BCUT2D eigenvalue weighted by atomic mass is 16.4. The molecule has 0 unspecified atom stereocenters. The molecule has 1 saturated carbocycles. The summed E-state index contributed by atoms with van der Waals surface area (Å²) in [5.74, 6) is 1.23. The fraction of sp³-hybridized carbons (Fsp3) is 0.500. The van der Waals surface area contributed by atoms with Gasteiger partial charge in [-0.1, -0.05) is 24.6 Å². The molecule has 0 amide bonds. The van der Waals surface area contributed by atoms with Gasteiger partial charge >= 0.3 is 5.97 Å². The second-order valence-corrected chi connectivity index (χ2v) is 7.12. The summed E-state index contributed by atoms with van der Waals surface area (Å²) in [6, 6.07) is 6.24. The predicted octanol–water partition coefficient (Wildman–Crippen LogP) is 3.37. The van der Waals surface area contributed by atoms with Gasteiger partial charge in [-0.15, -0.1) is 0 Å². The zero-order valence-electron chi connectivity index (χ0n) is 12.6. The van der Waals surface area contributed by atoms with Crippen molar-refractivity contribution in [3.63, 3.8) is 0 Å². The maximum atomic E-state index is 11.9. The molecule has 2 fully saturated rings. The van der Waals surface area contributed by atoms with Crippen LogP contribution < -0.4 is 4.90 Å². The van der Waals surface area contributed by atoms with Crippen molar-refractivity contribution in [2.24, 2.45) is 0 Å². The molecule has 4 heterocycles. The number of anilines is 1. The van der Waals surface area contributed by atoms with Crippen LogP contribution >= 0.6 is 0 Å². The molecule has 2 N–H and O–H groups in total. The number of carboxylic acid groups (broad SMARTS) is 1. The smallest absolute Gasteiger partial charge is 0.314 e. The Morgan fingerprint density at radius 2 is 2.05 bits per heavy atom. The third-order valence-corrected chi connectivity index (χ3v) is 6.20. The van der Waals surface area contributed by atoms with Gasteiger partial charge in [0.15, 0.2) is 0 Å². The van der Waals surface area contributed by atoms with Crippen LogP contribution in [0, 0.1) is 0 Å². The Morgan fingerprint density at radius 3 is 2.68 bits per heavy atom. The summed E-state index contributed by atoms with van der Waals surface area (Å²) in [6.07, 6.45) is 5.00. The number of rotatable bonds is 2. The average molecular weight is 296 g/mol. The number of aromatic nitrogens is 1. The molecule has 0 atom stereocenters. The van der Waals surface area contributed by atoms with Gasteiger partial charge in [-0.3, -0.25) is 4.79 Å². The highest BCUT2D eigenvalue weighted by molar-refractivity contribution is 5.97. The van der Waals surface area contributed by atoms with Crippen LogP contribution in [-0.4, -0.2) is 29.1 Å². The van der Waals surface area contributed by atoms with Crippen LogP contribution in [0.1, 0.15) is 49.1 Å². The van der Waals surface area contributed by atoms with Gasteiger partial charge < -0.3 is 15.0 Å². The summed E-state index contributed by atoms with van der Waals surface area (Å²) in [5.41, 5.74) is 2.85. The first kappa shape index (κ1) is 12.6. The molecule has 1 aromatic heterocycles. The minimum Gasteiger partial charge on any atom is -0.481 e. The van der Waals surface area contributed by atoms with E-state index in [1.807, 2.05) is 12.1 Å². The summed E-state index contributed by atoms with van der Waals surface area (Å²) in [6.45, 7) is 2.26. The monoisotopic (exact) mass is 296 g/mol. The molecule has 1 aromatic carbocycles. The van der Waals surface area contributed by atoms with E-state index in [2.05, 4.69) is 16.0 Å². The molecule has 22 heavy (non-hydrogen) atoms. The van der Waals surface area contributed by atoms with Crippen LogP contribution in [-0.2, 0) is 10.2 Å². The third kappa shape index (κ3) is 1.36. The molecule has 0 spiro atoms. The number of hydrogen-bond acceptors (Lipinski definition) is 2. The van der Waals surface area contributed by atoms with Gasteiger partial charge in [-0.25, -0.2) is 0 Å². The number of hydrogen-bond donors (Lipinski definition) is 2. The first-order valence-electron chi connectivity index (χ1n) is 8.34. The minimum atomic E-state index is -0.665. The van der Waals surface area contributed by atoms with Crippen LogP contribution in [0.25, 0.3) is 10.9 Å². The molecule has 4 heteroatoms. The maximum absolute atomic E-state index is 11.9. The summed E-state index contributed by atoms with van der Waals surface area (Å²) in [4.78, 5) is 18.0. The number of benzene rings is 1. The number of nitrogens with zero attached hydrogens (tertiary/aromatic N) is 1. The number of aliphatic carboxylic acids is 1. The van der Waals surface area contributed by atoms with E-state index >= 15 is 0 Å². The lowest BCUT2D eigenvalue weighted by Gasteiger charge is -2.40. The van der Waals surface area contributed by atoms with Crippen LogP contribution in [0.4, 0.5) is 5.82 Å². The van der Waals surface area contributed by atoms with Crippen molar-refractivity contribution in [3.05, 3.63) is 29.3 Å². The number of fused-ring (bicyclic) bond motifs is 3. The zero-order valence-corrected chi connectivity index (χ0v) is 12.6. The van der Waals surface area contributed by atoms with Gasteiger partial charge in [0.25, 0.3) is 0 Å². The number of aromatic amines is 1. The molecule has 114 valence electrons. The van der Waals surface area contributed by atoms with Gasteiger partial charge in [0.1, 0.15) is 5.82 Å². The number of nitrogens with one attached hydrogen (secondary N) is 1. The lowest BCUT2D eigenvalue weighted by Crippen LogP contribution is -2.42. The van der Waals surface area contributed by atoms with Crippen molar-refractivity contribution in [1.29, 1.82) is 0 Å². The highest BCUT2D eigenvalue weighted by Crippen LogP contribution is 2.50. The average Bonchev–Trinajstić information content (AvgIpc) is 2.89. The van der Waals surface area contributed by atoms with E-state index in [0.29, 0.717) is 5.92 Å². The van der Waals surface area contributed by atoms with Crippen LogP contribution in [0.3, 0.4) is 0 Å². The standard InChI is InChI=1S/C18H20N2O2/c21-17(22)18(7-2-8-18)13-4-1-3-12-14-11-5-9-20(10-6-11)16(14)19-15(12)13/h1,3-4,11,19H,2,5-10H2,(H,21,22). The highest BCUT2D eigenvalue weighted by Gasteiger charge is 2.47. The summed E-state index contributed by atoms with van der Waals surface area (Å²) in [7, 11) is 0. The van der Waals surface area contributed by atoms with Crippen molar-refractivity contribution < 1.29 is 9.90 Å². The van der Waals surface area contributed by atoms with E-state index in [1.165, 1.54) is 29.6 Å². The second kappa shape index (κ2) is 4.06. The third-order valence-electron chi connectivity index (χ3n) is 6.20. The molecular weight excluding hydrogens is 276 g/mol. The van der Waals surface area contributed by atoms with Crippen LogP contribution in [0.5, 0.6) is 0 Å². The first-order valence-corrected chi connectivity index (χ1v) is 8.34. The van der Waals surface area contributed by atoms with E-state index < -0.39 is 11.4 Å². The van der Waals surface area contributed by atoms with E-state index in [4.69, 9.17) is 0 Å². The Bertz CT molecular complexity index is 780. The van der Waals surface area contributed by atoms with Gasteiger partial charge in [-0.05, 0) is 37.2 Å². The quantitative estimate of drug-likeness (QED) is 0.893. The van der Waals surface area contributed by atoms with E-state index in [9.17, 15) is 9.90 Å². The van der Waals surface area contributed by atoms with E-state index in [-0.39, 0.29) is 0 Å². The van der Waals surface area contributed by atoms with Gasteiger partial charge in [0.05, 0.1) is 10.9 Å². The van der Waals surface area contributed by atoms with Crippen molar-refractivity contribution in [2.45, 2.75) is 43.4 Å². The molecule has 0 radical (unpaired) electrons. The Balaban J connectivity index is 1.79. The summed E-state index contributed by atoms with van der Waals surface area (Å²) in [5, 5.41) is 11.1. The number of H-pyrrole nitrogens is 1. The van der Waals surface area contributed by atoms with Gasteiger partial charge in [-0.2, -0.15) is 0 Å². The molecule has 2 aromatic rings. The fourth-order valence-electron chi connectivity index (χ4n) is 4.81. The summed E-state index contributed by atoms with van der Waals surface area (Å²) < 4.78 is 0. The van der Waals surface area contributed by atoms with E-state index in [1.54, 1.807) is 0 Å². The number of para-hydroxylation sites is 1. The molecule has 6 rings (SSSR count). The lowest BCUT2D eigenvalue weighted by atomic mass is 9.64. The molecule has 3 aliphatic heterocycles. The SMILES string of the molecule is O=C(O)C1(c2cccc3c4c([nH]c23)N2CCC4CC2)CCC1. The first-order chi connectivity index (χ1) is 10.7. The fourth-order valence-corrected chi connectivity index (χ4v) is 4.81. The zero-order chi connectivity index (χ0) is 14.9. The Hall–Kier alpha value is -1.97. The number of piperidine rings is 1. The largest absolute Gasteiger partial charge is 0.481 e. The Morgan fingerprint density at radius 1 is 1.27 bits per heavy atom. The van der Waals surface area contributed by atoms with Gasteiger partial charge in [0.2, 0.25) is 0 Å². The number of carboxylic acids is 1. The Kier molecular flexibility index (Phi) is 2.32. The number of carbonyl (C=O) groups is 1. The lowest BCUT2D eigenvalue weighted by molar-refractivity contribution is -0.147. The molecule has 2 bridgehead atoms. The van der Waals surface area contributed by atoms with Crippen LogP contribution in [0.2, 0.25) is 0 Å². The predicted molar refractivity (Wildman–Crippen MR) is 85.7 cm³/mol. The molecule has 1 saturated heterocycles. The van der Waals surface area contributed by atoms with E-state index in [0.717, 1.165) is 43.4 Å². The van der Waals surface area contributed by atoms with Crippen molar-refractivity contribution in [2.75, 3.05) is 18.0 Å². The molecular formula is C18H20N2O2.